The van der Waals surface area contributed by atoms with Gasteiger partial charge in [-0.15, -0.1) is 11.8 Å². The minimum Gasteiger partial charge on any atom is -0.359 e. The number of benzene rings is 1. The van der Waals surface area contributed by atoms with E-state index in [1.165, 1.54) is 0 Å². The quantitative estimate of drug-likeness (QED) is 0.663. The summed E-state index contributed by atoms with van der Waals surface area (Å²) in [4.78, 5) is 19.2. The molecule has 0 aliphatic rings. The standard InChI is InChI=1S/C18H17N3O2S/c1-21(18(22)15-5-3-4-6-17(15)24-2)12-14-11-16(20-23-14)13-7-9-19-10-8-13/h3-11H,12H2,1-2H3. The van der Waals surface area contributed by atoms with E-state index in [0.29, 0.717) is 17.9 Å². The third-order valence-corrected chi connectivity index (χ3v) is 4.41. The molecule has 0 N–H and O–H groups in total. The van der Waals surface area contributed by atoms with Gasteiger partial charge in [0.25, 0.3) is 5.91 Å². The third-order valence-electron chi connectivity index (χ3n) is 3.61. The van der Waals surface area contributed by atoms with Gasteiger partial charge in [0.1, 0.15) is 5.69 Å². The highest BCUT2D eigenvalue weighted by atomic mass is 32.2. The number of nitrogens with zero attached hydrogens (tertiary/aromatic N) is 3. The summed E-state index contributed by atoms with van der Waals surface area (Å²) in [5, 5.41) is 4.06. The smallest absolute Gasteiger partial charge is 0.255 e. The van der Waals surface area contributed by atoms with E-state index in [4.69, 9.17) is 4.52 Å². The number of pyridine rings is 1. The first-order valence-electron chi connectivity index (χ1n) is 7.43. The summed E-state index contributed by atoms with van der Waals surface area (Å²) in [5.74, 6) is 0.598. The molecule has 2 heterocycles. The summed E-state index contributed by atoms with van der Waals surface area (Å²) in [7, 11) is 1.76. The number of hydrogen-bond donors (Lipinski definition) is 0. The molecule has 2 aromatic heterocycles. The van der Waals surface area contributed by atoms with E-state index in [9.17, 15) is 4.79 Å². The molecule has 6 heteroatoms. The topological polar surface area (TPSA) is 59.2 Å². The first-order chi connectivity index (χ1) is 11.7. The van der Waals surface area contributed by atoms with Gasteiger partial charge in [-0.2, -0.15) is 0 Å². The minimum atomic E-state index is -0.0400. The van der Waals surface area contributed by atoms with Gasteiger partial charge >= 0.3 is 0 Å². The van der Waals surface area contributed by atoms with Gasteiger partial charge < -0.3 is 9.42 Å². The van der Waals surface area contributed by atoms with E-state index in [0.717, 1.165) is 16.2 Å². The van der Waals surface area contributed by atoms with Gasteiger partial charge in [-0.05, 0) is 30.5 Å². The molecule has 0 bridgehead atoms. The first-order valence-corrected chi connectivity index (χ1v) is 8.66. The van der Waals surface area contributed by atoms with Crippen molar-refractivity contribution in [3.63, 3.8) is 0 Å². The monoisotopic (exact) mass is 339 g/mol. The normalized spacial score (nSPS) is 10.6. The zero-order chi connectivity index (χ0) is 16.9. The predicted molar refractivity (Wildman–Crippen MR) is 93.8 cm³/mol. The van der Waals surface area contributed by atoms with Crippen LogP contribution >= 0.6 is 11.8 Å². The summed E-state index contributed by atoms with van der Waals surface area (Å²) in [5.41, 5.74) is 2.36. The second-order valence-corrected chi connectivity index (χ2v) is 6.12. The lowest BCUT2D eigenvalue weighted by Gasteiger charge is -2.17. The Balaban J connectivity index is 1.74. The molecule has 0 unspecified atom stereocenters. The number of hydrogen-bond acceptors (Lipinski definition) is 5. The molecule has 122 valence electrons. The van der Waals surface area contributed by atoms with Crippen LogP contribution < -0.4 is 0 Å². The summed E-state index contributed by atoms with van der Waals surface area (Å²) < 4.78 is 5.36. The van der Waals surface area contributed by atoms with Gasteiger partial charge in [0, 0.05) is 36.0 Å². The van der Waals surface area contributed by atoms with Gasteiger partial charge in [-0.1, -0.05) is 17.3 Å². The second kappa shape index (κ2) is 7.31. The Labute approximate surface area is 144 Å². The van der Waals surface area contributed by atoms with Crippen LogP contribution in [0.2, 0.25) is 0 Å². The molecule has 0 atom stereocenters. The molecule has 3 aromatic rings. The lowest BCUT2D eigenvalue weighted by molar-refractivity contribution is 0.0769. The molecule has 0 fully saturated rings. The van der Waals surface area contributed by atoms with Gasteiger partial charge in [0.15, 0.2) is 5.76 Å². The molecule has 0 spiro atoms. The molecular formula is C18H17N3O2S. The number of aromatic nitrogens is 2. The Morgan fingerprint density at radius 3 is 2.71 bits per heavy atom. The number of carbonyl (C=O) groups is 1. The lowest BCUT2D eigenvalue weighted by atomic mass is 10.2. The fourth-order valence-electron chi connectivity index (χ4n) is 2.38. The molecule has 3 rings (SSSR count). The van der Waals surface area contributed by atoms with Crippen molar-refractivity contribution in [3.8, 4) is 11.3 Å². The van der Waals surface area contributed by atoms with Crippen molar-refractivity contribution in [2.24, 2.45) is 0 Å². The Morgan fingerprint density at radius 1 is 1.21 bits per heavy atom. The zero-order valence-electron chi connectivity index (χ0n) is 13.5. The van der Waals surface area contributed by atoms with Gasteiger partial charge in [-0.3, -0.25) is 9.78 Å². The van der Waals surface area contributed by atoms with Crippen molar-refractivity contribution in [3.05, 3.63) is 66.2 Å². The molecular weight excluding hydrogens is 322 g/mol. The largest absolute Gasteiger partial charge is 0.359 e. The van der Waals surface area contributed by atoms with Crippen molar-refractivity contribution < 1.29 is 9.32 Å². The Morgan fingerprint density at radius 2 is 1.96 bits per heavy atom. The zero-order valence-corrected chi connectivity index (χ0v) is 14.3. The summed E-state index contributed by atoms with van der Waals surface area (Å²) in [6.45, 7) is 0.361. The van der Waals surface area contributed by atoms with Crippen molar-refractivity contribution in [1.82, 2.24) is 15.0 Å². The number of amides is 1. The Hall–Kier alpha value is -2.60. The summed E-state index contributed by atoms with van der Waals surface area (Å²) in [6, 6.07) is 13.2. The number of rotatable bonds is 5. The molecule has 0 aliphatic carbocycles. The van der Waals surface area contributed by atoms with E-state index in [-0.39, 0.29) is 5.91 Å². The molecule has 0 aliphatic heterocycles. The summed E-state index contributed by atoms with van der Waals surface area (Å²) in [6.07, 6.45) is 5.38. The molecule has 1 amide bonds. The molecule has 24 heavy (non-hydrogen) atoms. The van der Waals surface area contributed by atoms with Crippen molar-refractivity contribution >= 4 is 17.7 Å². The maximum absolute atomic E-state index is 12.6. The van der Waals surface area contributed by atoms with E-state index in [1.54, 1.807) is 36.1 Å². The van der Waals surface area contributed by atoms with E-state index < -0.39 is 0 Å². The molecule has 0 saturated heterocycles. The van der Waals surface area contributed by atoms with Crippen LogP contribution in [0.25, 0.3) is 11.3 Å². The maximum Gasteiger partial charge on any atom is 0.255 e. The average molecular weight is 339 g/mol. The Bertz CT molecular complexity index is 833. The lowest BCUT2D eigenvalue weighted by Crippen LogP contribution is -2.26. The van der Waals surface area contributed by atoms with Crippen molar-refractivity contribution in [1.29, 1.82) is 0 Å². The molecule has 0 saturated carbocycles. The Kier molecular flexibility index (Phi) is 4.96. The van der Waals surface area contributed by atoms with Crippen LogP contribution in [0.1, 0.15) is 16.1 Å². The van der Waals surface area contributed by atoms with E-state index in [1.807, 2.05) is 48.7 Å². The van der Waals surface area contributed by atoms with Crippen LogP contribution in [0.4, 0.5) is 0 Å². The van der Waals surface area contributed by atoms with E-state index in [2.05, 4.69) is 10.1 Å². The SMILES string of the molecule is CSc1ccccc1C(=O)N(C)Cc1cc(-c2ccncc2)no1. The minimum absolute atomic E-state index is 0.0400. The van der Waals surface area contributed by atoms with Crippen LogP contribution in [-0.2, 0) is 6.54 Å². The van der Waals surface area contributed by atoms with Crippen LogP contribution in [0, 0.1) is 0 Å². The highest BCUT2D eigenvalue weighted by molar-refractivity contribution is 7.98. The third kappa shape index (κ3) is 3.49. The van der Waals surface area contributed by atoms with Gasteiger partial charge in [0.05, 0.1) is 12.1 Å². The van der Waals surface area contributed by atoms with Crippen LogP contribution in [-0.4, -0.2) is 34.3 Å². The van der Waals surface area contributed by atoms with E-state index >= 15 is 0 Å². The first kappa shape index (κ1) is 16.3. The van der Waals surface area contributed by atoms with Crippen LogP contribution in [0.15, 0.2) is 64.3 Å². The molecule has 1 aromatic carbocycles. The highest BCUT2D eigenvalue weighted by Gasteiger charge is 2.17. The number of thioether (sulfide) groups is 1. The molecule has 0 radical (unpaired) electrons. The molecule has 5 nitrogen and oxygen atoms in total. The fourth-order valence-corrected chi connectivity index (χ4v) is 2.97. The van der Waals surface area contributed by atoms with Crippen molar-refractivity contribution in [2.45, 2.75) is 11.4 Å². The van der Waals surface area contributed by atoms with Crippen LogP contribution in [0.5, 0.6) is 0 Å². The second-order valence-electron chi connectivity index (χ2n) is 5.28. The fraction of sp³-hybridized carbons (Fsp3) is 0.167. The van der Waals surface area contributed by atoms with Gasteiger partial charge in [-0.25, -0.2) is 0 Å². The maximum atomic E-state index is 12.6. The van der Waals surface area contributed by atoms with Gasteiger partial charge in [0.2, 0.25) is 0 Å². The summed E-state index contributed by atoms with van der Waals surface area (Å²) >= 11 is 1.56. The number of carbonyl (C=O) groups excluding carboxylic acids is 1. The van der Waals surface area contributed by atoms with Crippen molar-refractivity contribution in [2.75, 3.05) is 13.3 Å². The average Bonchev–Trinajstić information content (AvgIpc) is 3.10. The highest BCUT2D eigenvalue weighted by Crippen LogP contribution is 2.23. The van der Waals surface area contributed by atoms with Crippen LogP contribution in [0.3, 0.4) is 0 Å². The predicted octanol–water partition coefficient (Wildman–Crippen LogP) is 3.73.